The molecule has 1 aliphatic heterocycles. The monoisotopic (exact) mass is 388 g/mol. The zero-order chi connectivity index (χ0) is 19.4. The van der Waals surface area contributed by atoms with Crippen molar-refractivity contribution in [3.63, 3.8) is 0 Å². The SMILES string of the molecule is CC(=O)N[C@@H](CC(=O)N(C)Cc1ccc2c(c1)OCO2)c1ccc(Cl)cc1. The van der Waals surface area contributed by atoms with Crippen molar-refractivity contribution in [2.75, 3.05) is 13.8 Å². The molecule has 2 aromatic rings. The molecule has 1 atom stereocenters. The Kier molecular flexibility index (Phi) is 5.86. The summed E-state index contributed by atoms with van der Waals surface area (Å²) in [6.45, 7) is 2.08. The number of benzene rings is 2. The molecule has 1 aliphatic rings. The van der Waals surface area contributed by atoms with Gasteiger partial charge >= 0.3 is 0 Å². The summed E-state index contributed by atoms with van der Waals surface area (Å²) in [4.78, 5) is 25.9. The van der Waals surface area contributed by atoms with Crippen LogP contribution < -0.4 is 14.8 Å². The van der Waals surface area contributed by atoms with Crippen LogP contribution >= 0.6 is 11.6 Å². The molecule has 0 aliphatic carbocycles. The summed E-state index contributed by atoms with van der Waals surface area (Å²) in [6, 6.07) is 12.3. The van der Waals surface area contributed by atoms with E-state index >= 15 is 0 Å². The average molecular weight is 389 g/mol. The number of amides is 2. The average Bonchev–Trinajstić information content (AvgIpc) is 3.09. The number of hydrogen-bond acceptors (Lipinski definition) is 4. The minimum absolute atomic E-state index is 0.0821. The summed E-state index contributed by atoms with van der Waals surface area (Å²) in [7, 11) is 1.74. The number of ether oxygens (including phenoxy) is 2. The molecular weight excluding hydrogens is 368 g/mol. The first-order valence-electron chi connectivity index (χ1n) is 8.57. The Bertz CT molecular complexity index is 838. The maximum atomic E-state index is 12.7. The molecule has 0 saturated carbocycles. The lowest BCUT2D eigenvalue weighted by Gasteiger charge is -2.23. The summed E-state index contributed by atoms with van der Waals surface area (Å²) in [5.41, 5.74) is 1.78. The van der Waals surface area contributed by atoms with E-state index in [0.717, 1.165) is 11.1 Å². The third-order valence-electron chi connectivity index (χ3n) is 4.31. The molecule has 1 heterocycles. The highest BCUT2D eigenvalue weighted by atomic mass is 35.5. The van der Waals surface area contributed by atoms with Crippen LogP contribution in [0.1, 0.15) is 30.5 Å². The van der Waals surface area contributed by atoms with Crippen LogP contribution in [-0.2, 0) is 16.1 Å². The number of carbonyl (C=O) groups excluding carboxylic acids is 2. The van der Waals surface area contributed by atoms with Crippen molar-refractivity contribution in [2.24, 2.45) is 0 Å². The second-order valence-corrected chi connectivity index (χ2v) is 6.88. The predicted octanol–water partition coefficient (Wildman–Crippen LogP) is 3.29. The molecule has 0 bridgehead atoms. The van der Waals surface area contributed by atoms with Crippen molar-refractivity contribution in [3.8, 4) is 11.5 Å². The topological polar surface area (TPSA) is 67.9 Å². The Balaban J connectivity index is 1.67. The molecule has 0 unspecified atom stereocenters. The van der Waals surface area contributed by atoms with Crippen LogP contribution in [0.25, 0.3) is 0 Å². The molecule has 0 fully saturated rings. The zero-order valence-electron chi connectivity index (χ0n) is 15.2. The molecule has 142 valence electrons. The minimum atomic E-state index is -0.411. The summed E-state index contributed by atoms with van der Waals surface area (Å²) >= 11 is 5.93. The maximum absolute atomic E-state index is 12.7. The van der Waals surface area contributed by atoms with Crippen molar-refractivity contribution in [3.05, 3.63) is 58.6 Å². The van der Waals surface area contributed by atoms with Gasteiger partial charge in [0.05, 0.1) is 12.5 Å². The van der Waals surface area contributed by atoms with Crippen molar-refractivity contribution in [2.45, 2.75) is 25.9 Å². The van der Waals surface area contributed by atoms with E-state index in [4.69, 9.17) is 21.1 Å². The molecule has 1 N–H and O–H groups in total. The van der Waals surface area contributed by atoms with Crippen LogP contribution in [0, 0.1) is 0 Å². The molecule has 2 aromatic carbocycles. The van der Waals surface area contributed by atoms with Gasteiger partial charge in [0.25, 0.3) is 0 Å². The number of rotatable bonds is 6. The fraction of sp³-hybridized carbons (Fsp3) is 0.300. The third kappa shape index (κ3) is 4.92. The zero-order valence-corrected chi connectivity index (χ0v) is 16.0. The van der Waals surface area contributed by atoms with E-state index in [9.17, 15) is 9.59 Å². The molecular formula is C20H21ClN2O4. The highest BCUT2D eigenvalue weighted by molar-refractivity contribution is 6.30. The van der Waals surface area contributed by atoms with Gasteiger partial charge in [0.15, 0.2) is 11.5 Å². The van der Waals surface area contributed by atoms with E-state index in [1.165, 1.54) is 6.92 Å². The van der Waals surface area contributed by atoms with Crippen molar-refractivity contribution in [1.29, 1.82) is 0 Å². The number of nitrogens with one attached hydrogen (secondary N) is 1. The van der Waals surface area contributed by atoms with Crippen LogP contribution in [0.3, 0.4) is 0 Å². The molecule has 0 saturated heterocycles. The first-order chi connectivity index (χ1) is 12.9. The normalized spacial score (nSPS) is 13.1. The third-order valence-corrected chi connectivity index (χ3v) is 4.56. The lowest BCUT2D eigenvalue weighted by molar-refractivity contribution is -0.131. The van der Waals surface area contributed by atoms with Gasteiger partial charge in [-0.1, -0.05) is 29.8 Å². The smallest absolute Gasteiger partial charge is 0.231 e. The molecule has 6 nitrogen and oxygen atoms in total. The van der Waals surface area contributed by atoms with Crippen LogP contribution in [0.2, 0.25) is 5.02 Å². The quantitative estimate of drug-likeness (QED) is 0.824. The molecule has 3 rings (SSSR count). The second kappa shape index (κ2) is 8.31. The van der Waals surface area contributed by atoms with Crippen molar-refractivity contribution in [1.82, 2.24) is 10.2 Å². The Morgan fingerprint density at radius 2 is 1.85 bits per heavy atom. The van der Waals surface area contributed by atoms with Crippen LogP contribution in [-0.4, -0.2) is 30.6 Å². The molecule has 7 heteroatoms. The number of nitrogens with zero attached hydrogens (tertiary/aromatic N) is 1. The highest BCUT2D eigenvalue weighted by Crippen LogP contribution is 2.32. The molecule has 0 aromatic heterocycles. The van der Waals surface area contributed by atoms with Gasteiger partial charge in [-0.15, -0.1) is 0 Å². The van der Waals surface area contributed by atoms with Crippen molar-refractivity contribution < 1.29 is 19.1 Å². The molecule has 2 amide bonds. The van der Waals surface area contributed by atoms with Gasteiger partial charge in [0.1, 0.15) is 0 Å². The predicted molar refractivity (Wildman–Crippen MR) is 102 cm³/mol. The second-order valence-electron chi connectivity index (χ2n) is 6.45. The standard InChI is InChI=1S/C20H21ClN2O4/c1-13(24)22-17(15-4-6-16(21)7-5-15)10-20(25)23(2)11-14-3-8-18-19(9-14)27-12-26-18/h3-9,17H,10-12H2,1-2H3,(H,22,24)/t17-/m0/s1. The lowest BCUT2D eigenvalue weighted by Crippen LogP contribution is -2.33. The van der Waals surface area contributed by atoms with Gasteiger partial charge in [0.2, 0.25) is 18.6 Å². The summed E-state index contributed by atoms with van der Waals surface area (Å²) in [5, 5.41) is 3.44. The van der Waals surface area contributed by atoms with Crippen molar-refractivity contribution >= 4 is 23.4 Å². The Labute approximate surface area is 163 Å². The van der Waals surface area contributed by atoms with E-state index < -0.39 is 6.04 Å². The summed E-state index contributed by atoms with van der Waals surface area (Å²) < 4.78 is 10.7. The van der Waals surface area contributed by atoms with Gasteiger partial charge in [-0.05, 0) is 35.4 Å². The van der Waals surface area contributed by atoms with Crippen LogP contribution in [0.4, 0.5) is 0 Å². The van der Waals surface area contributed by atoms with Gasteiger partial charge in [-0.2, -0.15) is 0 Å². The fourth-order valence-electron chi connectivity index (χ4n) is 2.92. The number of carbonyl (C=O) groups is 2. The van der Waals surface area contributed by atoms with E-state index in [1.807, 2.05) is 30.3 Å². The largest absolute Gasteiger partial charge is 0.454 e. The Morgan fingerprint density at radius 1 is 1.15 bits per heavy atom. The van der Waals surface area contributed by atoms with Gasteiger partial charge < -0.3 is 19.7 Å². The number of halogens is 1. The first-order valence-corrected chi connectivity index (χ1v) is 8.95. The number of fused-ring (bicyclic) bond motifs is 1. The van der Waals surface area contributed by atoms with Crippen LogP contribution in [0.15, 0.2) is 42.5 Å². The fourth-order valence-corrected chi connectivity index (χ4v) is 3.05. The van der Waals surface area contributed by atoms with Gasteiger partial charge in [-0.3, -0.25) is 9.59 Å². The minimum Gasteiger partial charge on any atom is -0.454 e. The van der Waals surface area contributed by atoms with E-state index in [1.54, 1.807) is 24.1 Å². The van der Waals surface area contributed by atoms with E-state index in [0.29, 0.717) is 23.1 Å². The Morgan fingerprint density at radius 3 is 2.56 bits per heavy atom. The summed E-state index contributed by atoms with van der Waals surface area (Å²) in [5.74, 6) is 1.12. The van der Waals surface area contributed by atoms with E-state index in [-0.39, 0.29) is 25.0 Å². The molecule has 0 radical (unpaired) electrons. The van der Waals surface area contributed by atoms with Gasteiger partial charge in [0, 0.05) is 25.5 Å². The number of hydrogen-bond donors (Lipinski definition) is 1. The highest BCUT2D eigenvalue weighted by Gasteiger charge is 2.20. The van der Waals surface area contributed by atoms with Crippen LogP contribution in [0.5, 0.6) is 11.5 Å². The summed E-state index contributed by atoms with van der Waals surface area (Å²) in [6.07, 6.45) is 0.155. The molecule has 27 heavy (non-hydrogen) atoms. The van der Waals surface area contributed by atoms with E-state index in [2.05, 4.69) is 5.32 Å². The first kappa shape index (κ1) is 19.0. The maximum Gasteiger partial charge on any atom is 0.231 e. The van der Waals surface area contributed by atoms with Gasteiger partial charge in [-0.25, -0.2) is 0 Å². The molecule has 0 spiro atoms. The lowest BCUT2D eigenvalue weighted by atomic mass is 10.0. The Hall–Kier alpha value is -2.73.